The fraction of sp³-hybridized carbons (Fsp3) is 0.667. The Kier molecular flexibility index (Phi) is 3.04. The zero-order chi connectivity index (χ0) is 11.5. The van der Waals surface area contributed by atoms with Gasteiger partial charge in [0.1, 0.15) is 6.20 Å². The van der Waals surface area contributed by atoms with Crippen molar-refractivity contribution >= 4 is 11.5 Å². The number of hydrogen-bond acceptors (Lipinski definition) is 5. The molecule has 1 saturated heterocycles. The molecule has 0 aliphatic carbocycles. The summed E-state index contributed by atoms with van der Waals surface area (Å²) in [6.45, 7) is 1.63. The lowest BCUT2D eigenvalue weighted by Gasteiger charge is -2.32. The average Bonchev–Trinajstić information content (AvgIpc) is 2.78. The monoisotopic (exact) mass is 225 g/mol. The Balaban J connectivity index is 2.16. The zero-order valence-corrected chi connectivity index (χ0v) is 9.14. The van der Waals surface area contributed by atoms with Gasteiger partial charge in [0.05, 0.1) is 0 Å². The van der Waals surface area contributed by atoms with Crippen LogP contribution < -0.4 is 10.2 Å². The summed E-state index contributed by atoms with van der Waals surface area (Å²) in [5.74, 6) is -0.0169. The number of nitrogens with zero attached hydrogens (tertiary/aromatic N) is 3. The van der Waals surface area contributed by atoms with Gasteiger partial charge in [-0.15, -0.1) is 5.10 Å². The van der Waals surface area contributed by atoms with Gasteiger partial charge in [-0.25, -0.2) is 0 Å². The van der Waals surface area contributed by atoms with E-state index in [1.807, 2.05) is 11.9 Å². The largest absolute Gasteiger partial charge is 0.366 e. The van der Waals surface area contributed by atoms with Crippen molar-refractivity contribution in [2.24, 2.45) is 0 Å². The second kappa shape index (κ2) is 4.48. The van der Waals surface area contributed by atoms with E-state index < -0.39 is 4.92 Å². The van der Waals surface area contributed by atoms with Crippen LogP contribution in [0.15, 0.2) is 6.20 Å². The Hall–Kier alpha value is -1.63. The minimum absolute atomic E-state index is 0.0169. The fourth-order valence-electron chi connectivity index (χ4n) is 2.07. The topological polar surface area (TPSA) is 87.1 Å². The quantitative estimate of drug-likeness (QED) is 0.578. The van der Waals surface area contributed by atoms with Crippen LogP contribution in [0.5, 0.6) is 0 Å². The van der Waals surface area contributed by atoms with E-state index >= 15 is 0 Å². The predicted octanol–water partition coefficient (Wildman–Crippen LogP) is 0.506. The number of piperidine rings is 1. The molecular formula is C9H15N5O2. The highest BCUT2D eigenvalue weighted by Gasteiger charge is 2.25. The molecule has 0 bridgehead atoms. The molecule has 1 aliphatic heterocycles. The molecule has 2 heterocycles. The molecule has 16 heavy (non-hydrogen) atoms. The van der Waals surface area contributed by atoms with Crippen molar-refractivity contribution in [1.29, 1.82) is 0 Å². The summed E-state index contributed by atoms with van der Waals surface area (Å²) in [6.07, 6.45) is 3.67. The fourth-order valence-corrected chi connectivity index (χ4v) is 2.07. The van der Waals surface area contributed by atoms with Crippen LogP contribution in [0.3, 0.4) is 0 Å². The number of rotatable bonds is 3. The maximum atomic E-state index is 10.8. The number of aromatic nitrogens is 2. The van der Waals surface area contributed by atoms with Gasteiger partial charge in [0.2, 0.25) is 0 Å². The first kappa shape index (κ1) is 10.9. The van der Waals surface area contributed by atoms with E-state index in [-0.39, 0.29) is 5.82 Å². The number of H-pyrrole nitrogens is 1. The first-order valence-corrected chi connectivity index (χ1v) is 5.32. The summed E-state index contributed by atoms with van der Waals surface area (Å²) in [6, 6.07) is 0.392. The molecule has 1 aromatic heterocycles. The summed E-state index contributed by atoms with van der Waals surface area (Å²) in [5.41, 5.74) is 0.588. The van der Waals surface area contributed by atoms with E-state index in [4.69, 9.17) is 0 Å². The Labute approximate surface area is 93.0 Å². The van der Waals surface area contributed by atoms with Crippen molar-refractivity contribution in [3.8, 4) is 0 Å². The lowest BCUT2D eigenvalue weighted by molar-refractivity contribution is -0.388. The molecule has 0 spiro atoms. The summed E-state index contributed by atoms with van der Waals surface area (Å²) < 4.78 is 0. The average molecular weight is 225 g/mol. The lowest BCUT2D eigenvalue weighted by atomic mass is 10.1. The maximum Gasteiger partial charge on any atom is 0.366 e. The van der Waals surface area contributed by atoms with Crippen LogP contribution in [-0.4, -0.2) is 41.3 Å². The number of nitrogens with one attached hydrogen (secondary N) is 2. The van der Waals surface area contributed by atoms with Crippen molar-refractivity contribution in [2.45, 2.75) is 18.9 Å². The maximum absolute atomic E-state index is 10.8. The standard InChI is InChI=1S/C9H15N5O2/c1-10-7-3-2-4-13(6-7)8-5-11-12-9(8)14(15)16/h5,7,10H,2-4,6H2,1H3,(H,11,12). The Morgan fingerprint density at radius 3 is 3.25 bits per heavy atom. The molecular weight excluding hydrogens is 210 g/mol. The summed E-state index contributed by atoms with van der Waals surface area (Å²) in [4.78, 5) is 12.3. The van der Waals surface area contributed by atoms with Gasteiger partial charge in [0.15, 0.2) is 5.69 Å². The molecule has 1 atom stereocenters. The first-order chi connectivity index (χ1) is 7.72. The molecule has 1 fully saturated rings. The lowest BCUT2D eigenvalue weighted by Crippen LogP contribution is -2.44. The molecule has 1 aliphatic rings. The van der Waals surface area contributed by atoms with E-state index in [2.05, 4.69) is 15.5 Å². The number of nitro groups is 1. The Morgan fingerprint density at radius 1 is 1.75 bits per heavy atom. The first-order valence-electron chi connectivity index (χ1n) is 5.32. The van der Waals surface area contributed by atoms with Crippen molar-refractivity contribution in [1.82, 2.24) is 15.5 Å². The van der Waals surface area contributed by atoms with E-state index in [0.717, 1.165) is 25.9 Å². The summed E-state index contributed by atoms with van der Waals surface area (Å²) in [5, 5.41) is 20.1. The minimum Gasteiger partial charge on any atom is -0.362 e. The van der Waals surface area contributed by atoms with E-state index in [0.29, 0.717) is 11.7 Å². The summed E-state index contributed by atoms with van der Waals surface area (Å²) >= 11 is 0. The number of anilines is 1. The predicted molar refractivity (Wildman–Crippen MR) is 59.5 cm³/mol. The highest BCUT2D eigenvalue weighted by atomic mass is 16.6. The minimum atomic E-state index is -0.425. The van der Waals surface area contributed by atoms with Crippen molar-refractivity contribution in [3.05, 3.63) is 16.3 Å². The van der Waals surface area contributed by atoms with E-state index in [1.54, 1.807) is 0 Å². The highest BCUT2D eigenvalue weighted by molar-refractivity contribution is 5.58. The van der Waals surface area contributed by atoms with Crippen LogP contribution in [0.2, 0.25) is 0 Å². The van der Waals surface area contributed by atoms with Gasteiger partial charge in [-0.1, -0.05) is 5.10 Å². The third kappa shape index (κ3) is 1.99. The molecule has 0 aromatic carbocycles. The molecule has 7 nitrogen and oxygen atoms in total. The van der Waals surface area contributed by atoms with Gasteiger partial charge in [-0.05, 0) is 24.8 Å². The van der Waals surface area contributed by atoms with Gasteiger partial charge in [-0.2, -0.15) is 0 Å². The van der Waals surface area contributed by atoms with Crippen LogP contribution in [-0.2, 0) is 0 Å². The highest BCUT2D eigenvalue weighted by Crippen LogP contribution is 2.27. The second-order valence-corrected chi connectivity index (χ2v) is 3.93. The molecule has 0 radical (unpaired) electrons. The van der Waals surface area contributed by atoms with Gasteiger partial charge >= 0.3 is 5.82 Å². The molecule has 2 N–H and O–H groups in total. The van der Waals surface area contributed by atoms with Gasteiger partial charge in [0.25, 0.3) is 0 Å². The van der Waals surface area contributed by atoms with Crippen LogP contribution >= 0.6 is 0 Å². The number of hydrogen-bond donors (Lipinski definition) is 2. The van der Waals surface area contributed by atoms with Crippen LogP contribution in [0.25, 0.3) is 0 Å². The van der Waals surface area contributed by atoms with Crippen molar-refractivity contribution in [2.75, 3.05) is 25.0 Å². The Bertz CT molecular complexity index is 378. The van der Waals surface area contributed by atoms with Crippen LogP contribution in [0, 0.1) is 10.1 Å². The molecule has 1 unspecified atom stereocenters. The van der Waals surface area contributed by atoms with Gasteiger partial charge < -0.3 is 20.3 Å². The van der Waals surface area contributed by atoms with Crippen molar-refractivity contribution in [3.63, 3.8) is 0 Å². The molecule has 0 saturated carbocycles. The number of likely N-dealkylation sites (N-methyl/N-ethyl adjacent to an activating group) is 1. The molecule has 88 valence electrons. The second-order valence-electron chi connectivity index (χ2n) is 3.93. The molecule has 0 amide bonds. The third-order valence-corrected chi connectivity index (χ3v) is 2.95. The zero-order valence-electron chi connectivity index (χ0n) is 9.14. The number of aromatic amines is 1. The third-order valence-electron chi connectivity index (χ3n) is 2.95. The molecule has 1 aromatic rings. The van der Waals surface area contributed by atoms with E-state index in [1.165, 1.54) is 6.20 Å². The van der Waals surface area contributed by atoms with Crippen LogP contribution in [0.4, 0.5) is 11.5 Å². The van der Waals surface area contributed by atoms with Gasteiger partial charge in [-0.3, -0.25) is 0 Å². The molecule has 2 rings (SSSR count). The molecule has 7 heteroatoms. The van der Waals surface area contributed by atoms with Crippen molar-refractivity contribution < 1.29 is 4.92 Å². The van der Waals surface area contributed by atoms with Crippen LogP contribution in [0.1, 0.15) is 12.8 Å². The van der Waals surface area contributed by atoms with Gasteiger partial charge in [0, 0.05) is 19.1 Å². The Morgan fingerprint density at radius 2 is 2.56 bits per heavy atom. The SMILES string of the molecule is CNC1CCCN(c2cn[nH]c2[N+](=O)[O-])C1. The normalized spacial score (nSPS) is 21.1. The smallest absolute Gasteiger partial charge is 0.362 e. The summed E-state index contributed by atoms with van der Waals surface area (Å²) in [7, 11) is 1.91. The van der Waals surface area contributed by atoms with E-state index in [9.17, 15) is 10.1 Å².